The van der Waals surface area contributed by atoms with E-state index in [2.05, 4.69) is 5.32 Å². The average molecular weight is 373 g/mol. The van der Waals surface area contributed by atoms with Gasteiger partial charge >= 0.3 is 6.03 Å². The number of nitrogens with one attached hydrogen (secondary N) is 1. The topological polar surface area (TPSA) is 95.7 Å². The number of carbonyl (C=O) groups excluding carboxylic acids is 3. The van der Waals surface area contributed by atoms with Gasteiger partial charge in [0.2, 0.25) is 5.91 Å². The smallest absolute Gasteiger partial charge is 0.327 e. The van der Waals surface area contributed by atoms with E-state index in [9.17, 15) is 14.4 Å². The van der Waals surface area contributed by atoms with Gasteiger partial charge < -0.3 is 16.0 Å². The Kier molecular flexibility index (Phi) is 6.32. The van der Waals surface area contributed by atoms with Crippen molar-refractivity contribution < 1.29 is 14.4 Å². The summed E-state index contributed by atoms with van der Waals surface area (Å²) in [6, 6.07) is -0.0195. The Labute approximate surface area is 155 Å². The van der Waals surface area contributed by atoms with Gasteiger partial charge in [-0.05, 0) is 38.5 Å². The van der Waals surface area contributed by atoms with Gasteiger partial charge in [-0.25, -0.2) is 4.79 Å². The zero-order valence-electron chi connectivity index (χ0n) is 14.8. The molecule has 3 aliphatic rings. The molecule has 0 aromatic carbocycles. The highest BCUT2D eigenvalue weighted by Gasteiger charge is 2.55. The molecule has 4 amide bonds. The van der Waals surface area contributed by atoms with E-state index in [1.807, 2.05) is 0 Å². The van der Waals surface area contributed by atoms with Gasteiger partial charge in [-0.15, -0.1) is 12.4 Å². The fourth-order valence-electron chi connectivity index (χ4n) is 4.35. The summed E-state index contributed by atoms with van der Waals surface area (Å²) in [7, 11) is 1.69. The Bertz CT molecular complexity index is 528. The van der Waals surface area contributed by atoms with E-state index in [-0.39, 0.29) is 48.9 Å². The molecule has 3 rings (SSSR count). The quantitative estimate of drug-likeness (QED) is 0.732. The van der Waals surface area contributed by atoms with Crippen LogP contribution in [0.1, 0.15) is 57.8 Å². The summed E-state index contributed by atoms with van der Waals surface area (Å²) >= 11 is 0. The van der Waals surface area contributed by atoms with E-state index < -0.39 is 5.54 Å². The van der Waals surface area contributed by atoms with E-state index in [4.69, 9.17) is 5.73 Å². The van der Waals surface area contributed by atoms with E-state index in [1.165, 1.54) is 0 Å². The van der Waals surface area contributed by atoms with Crippen LogP contribution in [-0.4, -0.2) is 58.9 Å². The molecule has 1 spiro atoms. The number of likely N-dealkylation sites (N-methyl/N-ethyl adjacent to an activating group) is 1. The molecular weight excluding hydrogens is 344 g/mol. The second-order valence-electron chi connectivity index (χ2n) is 7.50. The van der Waals surface area contributed by atoms with Crippen molar-refractivity contribution in [2.45, 2.75) is 75.4 Å². The fraction of sp³-hybridized carbons (Fsp3) is 0.824. The largest absolute Gasteiger partial charge is 0.352 e. The second-order valence-corrected chi connectivity index (χ2v) is 7.50. The van der Waals surface area contributed by atoms with Crippen molar-refractivity contribution in [3.8, 4) is 0 Å². The number of amides is 4. The van der Waals surface area contributed by atoms with Crippen molar-refractivity contribution in [1.82, 2.24) is 15.1 Å². The van der Waals surface area contributed by atoms with Crippen LogP contribution in [0.15, 0.2) is 0 Å². The van der Waals surface area contributed by atoms with Crippen molar-refractivity contribution >= 4 is 30.3 Å². The summed E-state index contributed by atoms with van der Waals surface area (Å²) in [6.45, 7) is -0.174. The summed E-state index contributed by atoms with van der Waals surface area (Å²) in [6.07, 6.45) is 7.92. The van der Waals surface area contributed by atoms with Crippen LogP contribution in [0.3, 0.4) is 0 Å². The molecular formula is C17H29ClN4O3. The highest BCUT2D eigenvalue weighted by molar-refractivity contribution is 6.08. The van der Waals surface area contributed by atoms with Gasteiger partial charge in [-0.3, -0.25) is 14.5 Å². The maximum atomic E-state index is 12.8. The number of halogens is 1. The van der Waals surface area contributed by atoms with E-state index >= 15 is 0 Å². The first-order valence-corrected chi connectivity index (χ1v) is 9.09. The zero-order chi connectivity index (χ0) is 17.3. The fourth-order valence-corrected chi connectivity index (χ4v) is 4.35. The Morgan fingerprint density at radius 2 is 1.76 bits per heavy atom. The van der Waals surface area contributed by atoms with Crippen LogP contribution in [0, 0.1) is 0 Å². The monoisotopic (exact) mass is 372 g/mol. The number of urea groups is 1. The first-order valence-electron chi connectivity index (χ1n) is 9.09. The number of carbonyl (C=O) groups is 3. The predicted molar refractivity (Wildman–Crippen MR) is 96.3 cm³/mol. The molecule has 0 unspecified atom stereocenters. The molecule has 142 valence electrons. The summed E-state index contributed by atoms with van der Waals surface area (Å²) in [5, 5.41) is 2.95. The molecule has 8 heteroatoms. The molecule has 3 N–H and O–H groups in total. The Balaban J connectivity index is 0.00000225. The Morgan fingerprint density at radius 3 is 2.36 bits per heavy atom. The minimum absolute atomic E-state index is 0. The van der Waals surface area contributed by atoms with Crippen LogP contribution < -0.4 is 11.1 Å². The van der Waals surface area contributed by atoms with Gasteiger partial charge in [-0.1, -0.05) is 19.3 Å². The third-order valence-electron chi connectivity index (χ3n) is 5.92. The highest BCUT2D eigenvalue weighted by atomic mass is 35.5. The first kappa shape index (κ1) is 20.0. The molecule has 2 saturated carbocycles. The molecule has 7 nitrogen and oxygen atoms in total. The van der Waals surface area contributed by atoms with Crippen LogP contribution in [0.5, 0.6) is 0 Å². The SMILES string of the molecule is CN1C(=O)N(CC(=O)NC2CCC(N)CC2)C(=O)C12CCCCC2.Cl. The lowest BCUT2D eigenvalue weighted by Crippen LogP contribution is -2.50. The number of nitrogens with zero attached hydrogens (tertiary/aromatic N) is 2. The highest BCUT2D eigenvalue weighted by Crippen LogP contribution is 2.39. The average Bonchev–Trinajstić information content (AvgIpc) is 2.74. The van der Waals surface area contributed by atoms with Crippen LogP contribution in [0.25, 0.3) is 0 Å². The van der Waals surface area contributed by atoms with Crippen LogP contribution in [-0.2, 0) is 9.59 Å². The van der Waals surface area contributed by atoms with Crippen molar-refractivity contribution in [3.63, 3.8) is 0 Å². The molecule has 0 aromatic rings. The van der Waals surface area contributed by atoms with Gasteiger partial charge in [0.15, 0.2) is 0 Å². The molecule has 0 aromatic heterocycles. The van der Waals surface area contributed by atoms with E-state index in [0.717, 1.165) is 49.8 Å². The first-order chi connectivity index (χ1) is 11.4. The standard InChI is InChI=1S/C17H28N4O3.ClH/c1-20-16(24)21(15(23)17(20)9-3-2-4-10-17)11-14(22)19-13-7-5-12(18)6-8-13;/h12-13H,2-11,18H2,1H3,(H,19,22);1H. The number of hydrogen-bond donors (Lipinski definition) is 2. The van der Waals surface area contributed by atoms with Crippen molar-refractivity contribution in [2.24, 2.45) is 5.73 Å². The van der Waals surface area contributed by atoms with Gasteiger partial charge in [0, 0.05) is 19.1 Å². The maximum Gasteiger partial charge on any atom is 0.327 e. The van der Waals surface area contributed by atoms with Crippen LogP contribution >= 0.6 is 12.4 Å². The molecule has 1 saturated heterocycles. The molecule has 25 heavy (non-hydrogen) atoms. The summed E-state index contributed by atoms with van der Waals surface area (Å²) in [4.78, 5) is 40.3. The molecule has 3 fully saturated rings. The maximum absolute atomic E-state index is 12.8. The van der Waals surface area contributed by atoms with Gasteiger partial charge in [0.1, 0.15) is 12.1 Å². The Morgan fingerprint density at radius 1 is 1.16 bits per heavy atom. The minimum Gasteiger partial charge on any atom is -0.352 e. The molecule has 0 radical (unpaired) electrons. The summed E-state index contributed by atoms with van der Waals surface area (Å²) < 4.78 is 0. The number of hydrogen-bond acceptors (Lipinski definition) is 4. The lowest BCUT2D eigenvalue weighted by atomic mass is 9.81. The number of nitrogens with two attached hydrogens (primary N) is 1. The van der Waals surface area contributed by atoms with Crippen LogP contribution in [0.4, 0.5) is 4.79 Å². The normalized spacial score (nSPS) is 28.9. The summed E-state index contributed by atoms with van der Waals surface area (Å²) in [5.41, 5.74) is 5.16. The summed E-state index contributed by atoms with van der Waals surface area (Å²) in [5.74, 6) is -0.450. The lowest BCUT2D eigenvalue weighted by molar-refractivity contribution is -0.137. The van der Waals surface area contributed by atoms with Gasteiger partial charge in [0.05, 0.1) is 0 Å². The molecule has 1 aliphatic heterocycles. The van der Waals surface area contributed by atoms with E-state index in [1.54, 1.807) is 11.9 Å². The number of imide groups is 1. The van der Waals surface area contributed by atoms with E-state index in [0.29, 0.717) is 12.8 Å². The second kappa shape index (κ2) is 7.91. The molecule has 0 bridgehead atoms. The van der Waals surface area contributed by atoms with Crippen molar-refractivity contribution in [2.75, 3.05) is 13.6 Å². The predicted octanol–water partition coefficient (Wildman–Crippen LogP) is 1.39. The minimum atomic E-state index is -0.715. The molecule has 1 heterocycles. The van der Waals surface area contributed by atoms with Crippen LogP contribution in [0.2, 0.25) is 0 Å². The third-order valence-corrected chi connectivity index (χ3v) is 5.92. The van der Waals surface area contributed by atoms with Gasteiger partial charge in [-0.2, -0.15) is 0 Å². The molecule has 0 atom stereocenters. The van der Waals surface area contributed by atoms with Crippen molar-refractivity contribution in [3.05, 3.63) is 0 Å². The molecule has 2 aliphatic carbocycles. The number of rotatable bonds is 3. The Hall–Kier alpha value is -1.34. The zero-order valence-corrected chi connectivity index (χ0v) is 15.6. The van der Waals surface area contributed by atoms with Crippen molar-refractivity contribution in [1.29, 1.82) is 0 Å². The third kappa shape index (κ3) is 3.77. The lowest BCUT2D eigenvalue weighted by Gasteiger charge is -2.35. The van der Waals surface area contributed by atoms with Gasteiger partial charge in [0.25, 0.3) is 5.91 Å².